The molecule has 0 spiro atoms. The van der Waals surface area contributed by atoms with E-state index in [-0.39, 0.29) is 11.1 Å². The predicted molar refractivity (Wildman–Crippen MR) is 93.3 cm³/mol. The van der Waals surface area contributed by atoms with Gasteiger partial charge < -0.3 is 4.42 Å². The fourth-order valence-corrected chi connectivity index (χ4v) is 3.43. The Labute approximate surface area is 144 Å². The van der Waals surface area contributed by atoms with Crippen LogP contribution in [0.4, 0.5) is 4.39 Å². The highest BCUT2D eigenvalue weighted by Gasteiger charge is 2.19. The highest BCUT2D eigenvalue weighted by Crippen LogP contribution is 2.36. The maximum Gasteiger partial charge on any atom is 0.192 e. The van der Waals surface area contributed by atoms with Crippen LogP contribution in [0.15, 0.2) is 58.8 Å². The Morgan fingerprint density at radius 3 is 2.67 bits per heavy atom. The first-order chi connectivity index (χ1) is 11.6. The van der Waals surface area contributed by atoms with Crippen LogP contribution in [0.5, 0.6) is 0 Å². The van der Waals surface area contributed by atoms with Crippen molar-refractivity contribution in [2.45, 2.75) is 30.8 Å². The van der Waals surface area contributed by atoms with Gasteiger partial charge in [-0.15, -0.1) is 16.8 Å². The molecule has 0 aliphatic heterocycles. The van der Waals surface area contributed by atoms with Gasteiger partial charge in [-0.05, 0) is 37.6 Å². The van der Waals surface area contributed by atoms with Crippen LogP contribution >= 0.6 is 11.8 Å². The van der Waals surface area contributed by atoms with Gasteiger partial charge in [0.2, 0.25) is 0 Å². The zero-order valence-corrected chi connectivity index (χ0v) is 14.4. The lowest BCUT2D eigenvalue weighted by Gasteiger charge is -2.12. The predicted octanol–water partition coefficient (Wildman–Crippen LogP) is 5.02. The van der Waals surface area contributed by atoms with Crippen molar-refractivity contribution in [2.75, 3.05) is 0 Å². The second kappa shape index (κ2) is 7.05. The molecule has 0 amide bonds. The van der Waals surface area contributed by atoms with E-state index >= 15 is 0 Å². The maximum atomic E-state index is 13.1. The number of halogens is 1. The molecule has 4 nitrogen and oxygen atoms in total. The first-order valence-corrected chi connectivity index (χ1v) is 8.48. The van der Waals surface area contributed by atoms with E-state index in [4.69, 9.17) is 4.42 Å². The monoisotopic (exact) mass is 343 g/mol. The zero-order valence-electron chi connectivity index (χ0n) is 13.6. The molecule has 0 fully saturated rings. The van der Waals surface area contributed by atoms with Gasteiger partial charge in [-0.25, -0.2) is 4.39 Å². The van der Waals surface area contributed by atoms with Crippen LogP contribution in [0.1, 0.15) is 23.5 Å². The molecule has 0 saturated carbocycles. The van der Waals surface area contributed by atoms with E-state index in [0.29, 0.717) is 6.54 Å². The molecule has 1 atom stereocenters. The van der Waals surface area contributed by atoms with Crippen LogP contribution in [-0.4, -0.2) is 14.8 Å². The Kier molecular flexibility index (Phi) is 4.85. The summed E-state index contributed by atoms with van der Waals surface area (Å²) < 4.78 is 20.5. The van der Waals surface area contributed by atoms with Crippen molar-refractivity contribution in [1.82, 2.24) is 14.8 Å². The molecule has 2 aromatic heterocycles. The summed E-state index contributed by atoms with van der Waals surface area (Å²) in [6.45, 7) is 8.38. The summed E-state index contributed by atoms with van der Waals surface area (Å²) in [6, 6.07) is 8.42. The molecule has 124 valence electrons. The van der Waals surface area contributed by atoms with Gasteiger partial charge >= 0.3 is 0 Å². The molecule has 0 aliphatic rings. The summed E-state index contributed by atoms with van der Waals surface area (Å²) in [4.78, 5) is 0. The summed E-state index contributed by atoms with van der Waals surface area (Å²) in [5, 5.41) is 9.57. The van der Waals surface area contributed by atoms with Gasteiger partial charge in [0.25, 0.3) is 0 Å². The largest absolute Gasteiger partial charge is 0.469 e. The summed E-state index contributed by atoms with van der Waals surface area (Å²) >= 11 is 1.58. The second-order valence-corrected chi connectivity index (χ2v) is 6.72. The fraction of sp³-hybridized carbons (Fsp3) is 0.222. The Bertz CT molecular complexity index is 838. The highest BCUT2D eigenvalue weighted by molar-refractivity contribution is 7.99. The molecular formula is C18H18FN3OS. The normalized spacial score (nSPS) is 12.3. The lowest BCUT2D eigenvalue weighted by Crippen LogP contribution is -2.01. The summed E-state index contributed by atoms with van der Waals surface area (Å²) in [6.07, 6.45) is 3.46. The van der Waals surface area contributed by atoms with Crippen LogP contribution in [0.25, 0.3) is 11.4 Å². The quantitative estimate of drug-likeness (QED) is 0.465. The van der Waals surface area contributed by atoms with E-state index in [0.717, 1.165) is 27.9 Å². The van der Waals surface area contributed by atoms with E-state index < -0.39 is 0 Å². The van der Waals surface area contributed by atoms with Gasteiger partial charge in [0.1, 0.15) is 11.6 Å². The van der Waals surface area contributed by atoms with Crippen LogP contribution in [0.2, 0.25) is 0 Å². The third kappa shape index (κ3) is 3.28. The Morgan fingerprint density at radius 1 is 1.29 bits per heavy atom. The van der Waals surface area contributed by atoms with Crippen molar-refractivity contribution in [1.29, 1.82) is 0 Å². The zero-order chi connectivity index (χ0) is 17.1. The fourth-order valence-electron chi connectivity index (χ4n) is 2.45. The molecule has 0 bridgehead atoms. The molecule has 24 heavy (non-hydrogen) atoms. The Hall–Kier alpha value is -2.34. The second-order valence-electron chi connectivity index (χ2n) is 5.41. The molecule has 0 radical (unpaired) electrons. The topological polar surface area (TPSA) is 43.9 Å². The van der Waals surface area contributed by atoms with Gasteiger partial charge in [-0.1, -0.05) is 30.0 Å². The van der Waals surface area contributed by atoms with Crippen molar-refractivity contribution in [3.05, 3.63) is 66.4 Å². The lowest BCUT2D eigenvalue weighted by atomic mass is 10.2. The minimum absolute atomic E-state index is 0.122. The number of thioether (sulfide) groups is 1. The smallest absolute Gasteiger partial charge is 0.192 e. The number of hydrogen-bond acceptors (Lipinski definition) is 4. The molecule has 1 unspecified atom stereocenters. The van der Waals surface area contributed by atoms with E-state index in [9.17, 15) is 4.39 Å². The number of aromatic nitrogens is 3. The van der Waals surface area contributed by atoms with Crippen molar-refractivity contribution in [3.63, 3.8) is 0 Å². The minimum Gasteiger partial charge on any atom is -0.469 e. The maximum absolute atomic E-state index is 13.1. The molecule has 6 heteroatoms. The SMILES string of the molecule is C=CCn1c(SC(C)c2ccc(F)cc2)nnc1-c1ccoc1C. The molecule has 0 N–H and O–H groups in total. The highest BCUT2D eigenvalue weighted by atomic mass is 32.2. The Morgan fingerprint density at radius 2 is 2.04 bits per heavy atom. The van der Waals surface area contributed by atoms with Gasteiger partial charge in [0.05, 0.1) is 11.8 Å². The van der Waals surface area contributed by atoms with Gasteiger partial charge in [-0.2, -0.15) is 0 Å². The average molecular weight is 343 g/mol. The third-order valence-corrected chi connectivity index (χ3v) is 4.89. The molecule has 3 rings (SSSR count). The number of rotatable bonds is 6. The number of allylic oxidation sites excluding steroid dienone is 1. The van der Waals surface area contributed by atoms with Crippen LogP contribution in [0.3, 0.4) is 0 Å². The van der Waals surface area contributed by atoms with Crippen molar-refractivity contribution >= 4 is 11.8 Å². The van der Waals surface area contributed by atoms with Gasteiger partial charge in [-0.3, -0.25) is 4.57 Å². The van der Waals surface area contributed by atoms with Gasteiger partial charge in [0.15, 0.2) is 11.0 Å². The van der Waals surface area contributed by atoms with Crippen LogP contribution in [0, 0.1) is 12.7 Å². The number of aryl methyl sites for hydroxylation is 1. The summed E-state index contributed by atoms with van der Waals surface area (Å²) in [7, 11) is 0. The molecule has 0 saturated heterocycles. The number of hydrogen-bond donors (Lipinski definition) is 0. The van der Waals surface area contributed by atoms with E-state index in [1.807, 2.05) is 23.6 Å². The number of nitrogens with zero attached hydrogens (tertiary/aromatic N) is 3. The summed E-state index contributed by atoms with van der Waals surface area (Å²) in [5.74, 6) is 1.33. The van der Waals surface area contributed by atoms with E-state index in [1.54, 1.807) is 30.2 Å². The van der Waals surface area contributed by atoms with Gasteiger partial charge in [0, 0.05) is 11.8 Å². The first-order valence-electron chi connectivity index (χ1n) is 7.61. The van der Waals surface area contributed by atoms with Crippen molar-refractivity contribution in [2.24, 2.45) is 0 Å². The van der Waals surface area contributed by atoms with Crippen LogP contribution in [-0.2, 0) is 6.54 Å². The lowest BCUT2D eigenvalue weighted by molar-refractivity contribution is 0.534. The number of furan rings is 1. The minimum atomic E-state index is -0.233. The average Bonchev–Trinajstić information content (AvgIpc) is 3.15. The van der Waals surface area contributed by atoms with Crippen molar-refractivity contribution < 1.29 is 8.81 Å². The summed E-state index contributed by atoms with van der Waals surface area (Å²) in [5.41, 5.74) is 1.96. The molecule has 3 aromatic rings. The Balaban J connectivity index is 1.90. The van der Waals surface area contributed by atoms with Crippen molar-refractivity contribution in [3.8, 4) is 11.4 Å². The van der Waals surface area contributed by atoms with E-state index in [2.05, 4.69) is 23.7 Å². The molecular weight excluding hydrogens is 325 g/mol. The first kappa shape index (κ1) is 16.5. The molecule has 1 aromatic carbocycles. The number of benzene rings is 1. The third-order valence-electron chi connectivity index (χ3n) is 3.75. The molecule has 0 aliphatic carbocycles. The molecule has 2 heterocycles. The van der Waals surface area contributed by atoms with E-state index in [1.165, 1.54) is 12.1 Å². The standard InChI is InChI=1S/C18H18FN3OS/c1-4-10-22-17(16-9-11-23-12(16)2)20-21-18(22)24-13(3)14-5-7-15(19)8-6-14/h4-9,11,13H,1,10H2,2-3H3. The van der Waals surface area contributed by atoms with Crippen LogP contribution < -0.4 is 0 Å².